The Labute approximate surface area is 238 Å². The monoisotopic (exact) mass is 570 g/mol. The van der Waals surface area contributed by atoms with Gasteiger partial charge in [0.1, 0.15) is 10.1 Å². The third-order valence-electron chi connectivity index (χ3n) is 6.10. The molecular formula is C26H26N12S2. The Balaban J connectivity index is 1.23. The first kappa shape index (κ1) is 26.0. The summed E-state index contributed by atoms with van der Waals surface area (Å²) in [6.45, 7) is 6.62. The minimum atomic E-state index is 0.536. The van der Waals surface area contributed by atoms with E-state index in [4.69, 9.17) is 0 Å². The zero-order chi connectivity index (χ0) is 27.3. The second-order valence-corrected chi connectivity index (χ2v) is 10.9. The Morgan fingerprint density at radius 1 is 0.600 bits per heavy atom. The average Bonchev–Trinajstić information content (AvgIpc) is 3.79. The van der Waals surface area contributed by atoms with E-state index in [0.717, 1.165) is 32.3 Å². The zero-order valence-electron chi connectivity index (χ0n) is 21.9. The largest absolute Gasteiger partial charge is 0.258 e. The van der Waals surface area contributed by atoms with E-state index in [0.29, 0.717) is 37.8 Å². The molecule has 40 heavy (non-hydrogen) atoms. The molecule has 12 nitrogen and oxygen atoms in total. The van der Waals surface area contributed by atoms with Crippen LogP contribution in [0.5, 0.6) is 0 Å². The molecule has 0 spiro atoms. The van der Waals surface area contributed by atoms with E-state index in [1.807, 2.05) is 70.0 Å². The van der Waals surface area contributed by atoms with Gasteiger partial charge in [-0.25, -0.2) is 0 Å². The predicted octanol–water partition coefficient (Wildman–Crippen LogP) is 4.32. The van der Waals surface area contributed by atoms with Crippen molar-refractivity contribution in [2.45, 2.75) is 50.1 Å². The van der Waals surface area contributed by atoms with Gasteiger partial charge in [0, 0.05) is 13.1 Å². The maximum atomic E-state index is 4.63. The molecule has 14 heteroatoms. The summed E-state index contributed by atoms with van der Waals surface area (Å²) in [4.78, 5) is 3.20. The van der Waals surface area contributed by atoms with Gasteiger partial charge < -0.3 is 0 Å². The van der Waals surface area contributed by atoms with Gasteiger partial charge in [0.05, 0.1) is 36.6 Å². The summed E-state index contributed by atoms with van der Waals surface area (Å²) in [5, 5.41) is 37.5. The zero-order valence-corrected chi connectivity index (χ0v) is 23.6. The summed E-state index contributed by atoms with van der Waals surface area (Å²) in [6.07, 6.45) is 3.59. The van der Waals surface area contributed by atoms with Crippen LogP contribution in [0.2, 0.25) is 0 Å². The van der Waals surface area contributed by atoms with Crippen LogP contribution in [0.25, 0.3) is 22.8 Å². The van der Waals surface area contributed by atoms with Crippen LogP contribution < -0.4 is 0 Å². The van der Waals surface area contributed by atoms with Gasteiger partial charge in [-0.2, -0.15) is 19.8 Å². The van der Waals surface area contributed by atoms with Gasteiger partial charge in [-0.1, -0.05) is 60.7 Å². The molecule has 0 aliphatic rings. The second-order valence-electron chi connectivity index (χ2n) is 8.78. The summed E-state index contributed by atoms with van der Waals surface area (Å²) >= 11 is 0. The van der Waals surface area contributed by atoms with E-state index < -0.39 is 0 Å². The maximum Gasteiger partial charge on any atom is 0.209 e. The van der Waals surface area contributed by atoms with Crippen molar-refractivity contribution >= 4 is 21.6 Å². The summed E-state index contributed by atoms with van der Waals surface area (Å²) in [6, 6.07) is 20.1. The molecule has 0 fully saturated rings. The summed E-state index contributed by atoms with van der Waals surface area (Å²) in [7, 11) is 3.15. The van der Waals surface area contributed by atoms with Crippen LogP contribution >= 0.6 is 21.6 Å². The summed E-state index contributed by atoms with van der Waals surface area (Å²) in [5.41, 5.74) is 3.87. The molecule has 0 amide bonds. The lowest BCUT2D eigenvalue weighted by Crippen LogP contribution is -2.03. The van der Waals surface area contributed by atoms with E-state index in [1.54, 1.807) is 43.6 Å². The number of aryl methyl sites for hydroxylation is 2. The van der Waals surface area contributed by atoms with Crippen molar-refractivity contribution in [1.82, 2.24) is 60.0 Å². The minimum absolute atomic E-state index is 0.536. The Bertz CT molecular complexity index is 1560. The lowest BCUT2D eigenvalue weighted by molar-refractivity contribution is 0.572. The third kappa shape index (κ3) is 5.53. The van der Waals surface area contributed by atoms with Crippen LogP contribution in [0.4, 0.5) is 0 Å². The third-order valence-corrected chi connectivity index (χ3v) is 8.56. The van der Waals surface area contributed by atoms with E-state index >= 15 is 0 Å². The highest BCUT2D eigenvalue weighted by Crippen LogP contribution is 2.44. The van der Waals surface area contributed by atoms with Crippen molar-refractivity contribution < 1.29 is 0 Å². The van der Waals surface area contributed by atoms with E-state index in [-0.39, 0.29) is 0 Å². The summed E-state index contributed by atoms with van der Waals surface area (Å²) in [5.74, 6) is 1.07. The lowest BCUT2D eigenvalue weighted by Gasteiger charge is -2.08. The number of rotatable bonds is 11. The molecule has 0 aliphatic heterocycles. The van der Waals surface area contributed by atoms with Crippen molar-refractivity contribution in [2.24, 2.45) is 0 Å². The average molecular weight is 571 g/mol. The Kier molecular flexibility index (Phi) is 7.68. The normalized spacial score (nSPS) is 11.3. The van der Waals surface area contributed by atoms with Gasteiger partial charge in [0.2, 0.25) is 11.6 Å². The molecule has 2 aromatic carbocycles. The molecule has 0 atom stereocenters. The highest BCUT2D eigenvalue weighted by atomic mass is 33.1. The fraction of sp³-hybridized carbons (Fsp3) is 0.231. The van der Waals surface area contributed by atoms with Crippen LogP contribution in [0, 0.1) is 0 Å². The fourth-order valence-electron chi connectivity index (χ4n) is 4.09. The van der Waals surface area contributed by atoms with Crippen molar-refractivity contribution in [1.29, 1.82) is 0 Å². The van der Waals surface area contributed by atoms with E-state index in [1.165, 1.54) is 0 Å². The van der Waals surface area contributed by atoms with Gasteiger partial charge in [0.15, 0.2) is 0 Å². The first-order chi connectivity index (χ1) is 19.7. The van der Waals surface area contributed by atoms with E-state index in [2.05, 4.69) is 54.9 Å². The molecule has 0 bridgehead atoms. The van der Waals surface area contributed by atoms with Gasteiger partial charge in [-0.3, -0.25) is 9.36 Å². The summed E-state index contributed by atoms with van der Waals surface area (Å²) < 4.78 is 3.87. The molecule has 6 rings (SSSR count). The Morgan fingerprint density at radius 2 is 1.02 bits per heavy atom. The van der Waals surface area contributed by atoms with Gasteiger partial charge in [0.25, 0.3) is 0 Å². The van der Waals surface area contributed by atoms with Crippen molar-refractivity contribution in [3.05, 3.63) is 84.2 Å². The second kappa shape index (κ2) is 11.8. The van der Waals surface area contributed by atoms with Crippen LogP contribution in [-0.2, 0) is 26.2 Å². The number of aromatic nitrogens is 12. The standard InChI is InChI=1S/C26H26N12S2/c1-3-35-25(21(15-27-35)23-29-33-37(31-23)17-19-11-7-5-8-12-19)39-40-26-22(16-28-36(26)4-2)24-30-34-38(32-24)18-20-13-9-6-10-14-20/h5-16H,3-4,17-18H2,1-2H3. The molecule has 4 aromatic heterocycles. The Morgan fingerprint density at radius 3 is 1.43 bits per heavy atom. The first-order valence-electron chi connectivity index (χ1n) is 12.8. The highest BCUT2D eigenvalue weighted by Gasteiger charge is 2.22. The molecule has 6 aromatic rings. The molecular weight excluding hydrogens is 545 g/mol. The Hall–Kier alpha value is -4.30. The maximum absolute atomic E-state index is 4.63. The molecule has 0 saturated carbocycles. The van der Waals surface area contributed by atoms with Gasteiger partial charge in [-0.05, 0) is 57.0 Å². The number of hydrogen-bond acceptors (Lipinski definition) is 10. The molecule has 0 unspecified atom stereocenters. The molecule has 4 heterocycles. The van der Waals surface area contributed by atoms with E-state index in [9.17, 15) is 0 Å². The number of hydrogen-bond donors (Lipinski definition) is 0. The predicted molar refractivity (Wildman–Crippen MR) is 152 cm³/mol. The van der Waals surface area contributed by atoms with Crippen molar-refractivity contribution in [2.75, 3.05) is 0 Å². The SMILES string of the molecule is CCn1ncc(-c2nnn(Cc3ccccc3)n2)c1SSc1c(-c2nnn(Cc3ccccc3)n2)cnn1CC. The first-order valence-corrected chi connectivity index (χ1v) is 15.0. The molecule has 0 N–H and O–H groups in total. The molecule has 202 valence electrons. The number of tetrazole rings is 2. The van der Waals surface area contributed by atoms with Crippen LogP contribution in [0.3, 0.4) is 0 Å². The van der Waals surface area contributed by atoms with Crippen molar-refractivity contribution in [3.63, 3.8) is 0 Å². The molecule has 0 radical (unpaired) electrons. The highest BCUT2D eigenvalue weighted by molar-refractivity contribution is 8.76. The quantitative estimate of drug-likeness (QED) is 0.208. The number of benzene rings is 2. The van der Waals surface area contributed by atoms with Gasteiger partial charge >= 0.3 is 0 Å². The fourth-order valence-corrected chi connectivity index (χ4v) is 6.77. The molecule has 0 aliphatic carbocycles. The van der Waals surface area contributed by atoms with Crippen LogP contribution in [0.1, 0.15) is 25.0 Å². The van der Waals surface area contributed by atoms with Crippen LogP contribution in [0.15, 0.2) is 83.1 Å². The lowest BCUT2D eigenvalue weighted by atomic mass is 10.2. The van der Waals surface area contributed by atoms with Gasteiger partial charge in [-0.15, -0.1) is 20.4 Å². The van der Waals surface area contributed by atoms with Crippen molar-refractivity contribution in [3.8, 4) is 22.8 Å². The topological polar surface area (TPSA) is 123 Å². The van der Waals surface area contributed by atoms with Crippen LogP contribution in [-0.4, -0.2) is 60.0 Å². The molecule has 0 saturated heterocycles. The smallest absolute Gasteiger partial charge is 0.209 e. The minimum Gasteiger partial charge on any atom is -0.258 e. The number of nitrogens with zero attached hydrogens (tertiary/aromatic N) is 12.